The summed E-state index contributed by atoms with van der Waals surface area (Å²) in [6, 6.07) is 7.03. The number of likely N-dealkylation sites (tertiary alicyclic amines) is 1. The van der Waals surface area contributed by atoms with Crippen LogP contribution in [0.15, 0.2) is 24.3 Å². The van der Waals surface area contributed by atoms with E-state index in [-0.39, 0.29) is 6.03 Å². The summed E-state index contributed by atoms with van der Waals surface area (Å²) in [6.07, 6.45) is 6.08. The number of carbonyl (C=O) groups is 1. The van der Waals surface area contributed by atoms with Crippen molar-refractivity contribution < 1.29 is 9.90 Å². The Balaban J connectivity index is 1.55. The number of urea groups is 1. The molecule has 1 aromatic rings. The summed E-state index contributed by atoms with van der Waals surface area (Å²) in [5.41, 5.74) is 0.137. The lowest BCUT2D eigenvalue weighted by atomic mass is 9.78. The van der Waals surface area contributed by atoms with Crippen molar-refractivity contribution in [1.82, 2.24) is 4.90 Å². The quantitative estimate of drug-likeness (QED) is 0.868. The molecule has 0 unspecified atom stereocenters. The highest BCUT2D eigenvalue weighted by atomic mass is 35.5. The SMILES string of the molecule is O=C(Nc1cccc(Cl)c1)N1CCC(O)(C2CCCC2)CC1. The molecule has 0 bridgehead atoms. The number of rotatable bonds is 2. The predicted octanol–water partition coefficient (Wildman–Crippen LogP) is 3.89. The van der Waals surface area contributed by atoms with Crippen LogP contribution in [0.3, 0.4) is 0 Å². The maximum atomic E-state index is 12.3. The summed E-state index contributed by atoms with van der Waals surface area (Å²) in [5, 5.41) is 14.3. The van der Waals surface area contributed by atoms with Crippen molar-refractivity contribution in [3.8, 4) is 0 Å². The Kier molecular flexibility index (Phi) is 4.59. The Morgan fingerprint density at radius 1 is 1.27 bits per heavy atom. The fourth-order valence-corrected chi connectivity index (χ4v) is 3.93. The minimum atomic E-state index is -0.566. The molecule has 2 aliphatic rings. The Morgan fingerprint density at radius 3 is 2.59 bits per heavy atom. The fourth-order valence-electron chi connectivity index (χ4n) is 3.74. The number of hydrogen-bond donors (Lipinski definition) is 2. The number of carbonyl (C=O) groups excluding carboxylic acids is 1. The average molecular weight is 323 g/mol. The van der Waals surface area contributed by atoms with E-state index in [1.165, 1.54) is 12.8 Å². The summed E-state index contributed by atoms with van der Waals surface area (Å²) in [6.45, 7) is 1.22. The molecule has 22 heavy (non-hydrogen) atoms. The zero-order chi connectivity index (χ0) is 15.6. The fraction of sp³-hybridized carbons (Fsp3) is 0.588. The van der Waals surface area contributed by atoms with Crippen LogP contribution in [0.25, 0.3) is 0 Å². The first kappa shape index (κ1) is 15.6. The van der Waals surface area contributed by atoms with Gasteiger partial charge in [-0.05, 0) is 49.8 Å². The first-order valence-electron chi connectivity index (χ1n) is 8.11. The Hall–Kier alpha value is -1.26. The lowest BCUT2D eigenvalue weighted by Crippen LogP contribution is -2.50. The van der Waals surface area contributed by atoms with Crippen molar-refractivity contribution >= 4 is 23.3 Å². The molecule has 3 rings (SSSR count). The number of halogens is 1. The van der Waals surface area contributed by atoms with Gasteiger partial charge in [-0.2, -0.15) is 0 Å². The van der Waals surface area contributed by atoms with Gasteiger partial charge < -0.3 is 15.3 Å². The van der Waals surface area contributed by atoms with Crippen LogP contribution in [-0.2, 0) is 0 Å². The highest BCUT2D eigenvalue weighted by Gasteiger charge is 2.41. The van der Waals surface area contributed by atoms with Gasteiger partial charge in [0.25, 0.3) is 0 Å². The number of anilines is 1. The number of benzene rings is 1. The van der Waals surface area contributed by atoms with Gasteiger partial charge >= 0.3 is 6.03 Å². The van der Waals surface area contributed by atoms with E-state index in [1.54, 1.807) is 17.0 Å². The molecule has 0 atom stereocenters. The second kappa shape index (κ2) is 6.47. The summed E-state index contributed by atoms with van der Waals surface area (Å²) in [7, 11) is 0. The van der Waals surface area contributed by atoms with Gasteiger partial charge in [0.05, 0.1) is 5.60 Å². The van der Waals surface area contributed by atoms with Crippen LogP contribution >= 0.6 is 11.6 Å². The van der Waals surface area contributed by atoms with Gasteiger partial charge in [0.2, 0.25) is 0 Å². The van der Waals surface area contributed by atoms with Crippen LogP contribution in [0.5, 0.6) is 0 Å². The summed E-state index contributed by atoms with van der Waals surface area (Å²) < 4.78 is 0. The van der Waals surface area contributed by atoms with Crippen LogP contribution < -0.4 is 5.32 Å². The smallest absolute Gasteiger partial charge is 0.321 e. The minimum Gasteiger partial charge on any atom is -0.389 e. The largest absolute Gasteiger partial charge is 0.389 e. The normalized spacial score (nSPS) is 21.8. The highest BCUT2D eigenvalue weighted by Crippen LogP contribution is 2.40. The Labute approximate surface area is 136 Å². The molecular formula is C17H23ClN2O2. The minimum absolute atomic E-state index is 0.115. The molecule has 0 radical (unpaired) electrons. The molecule has 1 aliphatic carbocycles. The van der Waals surface area contributed by atoms with Crippen molar-refractivity contribution in [2.45, 2.75) is 44.1 Å². The monoisotopic (exact) mass is 322 g/mol. The molecule has 2 N–H and O–H groups in total. The molecule has 1 saturated heterocycles. The van der Waals surface area contributed by atoms with Crippen molar-refractivity contribution in [2.75, 3.05) is 18.4 Å². The van der Waals surface area contributed by atoms with E-state index < -0.39 is 5.60 Å². The summed E-state index contributed by atoms with van der Waals surface area (Å²) in [4.78, 5) is 14.1. The van der Waals surface area contributed by atoms with E-state index in [0.717, 1.165) is 12.8 Å². The van der Waals surface area contributed by atoms with E-state index in [4.69, 9.17) is 11.6 Å². The zero-order valence-corrected chi connectivity index (χ0v) is 13.5. The molecule has 0 aromatic heterocycles. The standard InChI is InChI=1S/C17H23ClN2O2/c18-14-6-3-7-15(12-14)19-16(21)20-10-8-17(22,9-11-20)13-4-1-2-5-13/h3,6-7,12-13,22H,1-2,4-5,8-11H2,(H,19,21). The molecule has 5 heteroatoms. The Morgan fingerprint density at radius 2 is 1.95 bits per heavy atom. The topological polar surface area (TPSA) is 52.6 Å². The van der Waals surface area contributed by atoms with Gasteiger partial charge in [0.1, 0.15) is 0 Å². The van der Waals surface area contributed by atoms with Gasteiger partial charge in [-0.15, -0.1) is 0 Å². The molecule has 2 fully saturated rings. The van der Waals surface area contributed by atoms with E-state index in [2.05, 4.69) is 5.32 Å². The summed E-state index contributed by atoms with van der Waals surface area (Å²) >= 11 is 5.93. The molecule has 2 amide bonds. The second-order valence-electron chi connectivity index (χ2n) is 6.51. The molecule has 1 heterocycles. The van der Waals surface area contributed by atoms with Gasteiger partial charge in [0, 0.05) is 23.8 Å². The molecule has 1 aliphatic heterocycles. The molecule has 4 nitrogen and oxygen atoms in total. The molecule has 1 saturated carbocycles. The van der Waals surface area contributed by atoms with E-state index >= 15 is 0 Å². The Bertz CT molecular complexity index is 535. The van der Waals surface area contributed by atoms with Crippen LogP contribution in [0.1, 0.15) is 38.5 Å². The molecule has 1 aromatic carbocycles. The van der Waals surface area contributed by atoms with E-state index in [9.17, 15) is 9.90 Å². The number of hydrogen-bond acceptors (Lipinski definition) is 2. The number of aliphatic hydroxyl groups is 1. The number of nitrogens with one attached hydrogen (secondary N) is 1. The van der Waals surface area contributed by atoms with Gasteiger partial charge in [-0.1, -0.05) is 30.5 Å². The lowest BCUT2D eigenvalue weighted by molar-refractivity contribution is -0.0574. The molecule has 0 spiro atoms. The van der Waals surface area contributed by atoms with Crippen molar-refractivity contribution in [1.29, 1.82) is 0 Å². The first-order chi connectivity index (χ1) is 10.6. The van der Waals surface area contributed by atoms with Gasteiger partial charge in [-0.25, -0.2) is 4.79 Å². The van der Waals surface area contributed by atoms with Crippen LogP contribution in [-0.4, -0.2) is 34.7 Å². The zero-order valence-electron chi connectivity index (χ0n) is 12.7. The van der Waals surface area contributed by atoms with Crippen molar-refractivity contribution in [3.05, 3.63) is 29.3 Å². The van der Waals surface area contributed by atoms with E-state index in [1.807, 2.05) is 12.1 Å². The molecule has 120 valence electrons. The van der Waals surface area contributed by atoms with Crippen LogP contribution in [0, 0.1) is 5.92 Å². The third-order valence-electron chi connectivity index (χ3n) is 5.11. The van der Waals surface area contributed by atoms with Crippen molar-refractivity contribution in [3.63, 3.8) is 0 Å². The lowest BCUT2D eigenvalue weighted by Gasteiger charge is -2.41. The number of amides is 2. The predicted molar refractivity (Wildman–Crippen MR) is 88.2 cm³/mol. The third kappa shape index (κ3) is 3.39. The maximum Gasteiger partial charge on any atom is 0.321 e. The highest BCUT2D eigenvalue weighted by molar-refractivity contribution is 6.30. The number of piperidine rings is 1. The van der Waals surface area contributed by atoms with Crippen LogP contribution in [0.2, 0.25) is 5.02 Å². The third-order valence-corrected chi connectivity index (χ3v) is 5.34. The average Bonchev–Trinajstić information content (AvgIpc) is 3.03. The number of nitrogens with zero attached hydrogens (tertiary/aromatic N) is 1. The van der Waals surface area contributed by atoms with Gasteiger partial charge in [0.15, 0.2) is 0 Å². The second-order valence-corrected chi connectivity index (χ2v) is 6.95. The van der Waals surface area contributed by atoms with E-state index in [0.29, 0.717) is 42.6 Å². The maximum absolute atomic E-state index is 12.3. The van der Waals surface area contributed by atoms with Crippen LogP contribution in [0.4, 0.5) is 10.5 Å². The van der Waals surface area contributed by atoms with Gasteiger partial charge in [-0.3, -0.25) is 0 Å². The summed E-state index contributed by atoms with van der Waals surface area (Å²) in [5.74, 6) is 0.422. The van der Waals surface area contributed by atoms with Crippen molar-refractivity contribution in [2.24, 2.45) is 5.92 Å². The molecular weight excluding hydrogens is 300 g/mol. The first-order valence-corrected chi connectivity index (χ1v) is 8.48.